The SMILES string of the molecule is CCCCCCCCCC(=O)OC1CC(C)(C)N(C)C(C)(C)C1. The molecule has 0 aromatic rings. The minimum atomic E-state index is -0.000267. The smallest absolute Gasteiger partial charge is 0.306 e. The maximum atomic E-state index is 12.1. The second-order valence-electron chi connectivity index (χ2n) is 8.58. The zero-order chi connectivity index (χ0) is 17.5. The number of hydrogen-bond donors (Lipinski definition) is 0. The van der Waals surface area contributed by atoms with E-state index in [1.54, 1.807) is 0 Å². The van der Waals surface area contributed by atoms with Crippen LogP contribution in [0.4, 0.5) is 0 Å². The van der Waals surface area contributed by atoms with E-state index in [0.717, 1.165) is 25.7 Å². The summed E-state index contributed by atoms with van der Waals surface area (Å²) in [5.41, 5.74) is 0.151. The van der Waals surface area contributed by atoms with Gasteiger partial charge in [-0.25, -0.2) is 0 Å². The van der Waals surface area contributed by atoms with E-state index in [9.17, 15) is 4.79 Å². The normalized spacial score (nSPS) is 21.3. The van der Waals surface area contributed by atoms with Crippen molar-refractivity contribution in [3.63, 3.8) is 0 Å². The van der Waals surface area contributed by atoms with Gasteiger partial charge in [0.1, 0.15) is 6.10 Å². The van der Waals surface area contributed by atoms with Gasteiger partial charge in [0.25, 0.3) is 0 Å². The van der Waals surface area contributed by atoms with Crippen molar-refractivity contribution in [2.45, 2.75) is 116 Å². The summed E-state index contributed by atoms with van der Waals surface area (Å²) in [5, 5.41) is 0. The van der Waals surface area contributed by atoms with Crippen LogP contribution in [-0.4, -0.2) is 35.1 Å². The first kappa shape index (κ1) is 20.5. The lowest BCUT2D eigenvalue weighted by Crippen LogP contribution is -2.60. The summed E-state index contributed by atoms with van der Waals surface area (Å²) in [7, 11) is 2.18. The van der Waals surface area contributed by atoms with Gasteiger partial charge in [-0.2, -0.15) is 0 Å². The maximum Gasteiger partial charge on any atom is 0.306 e. The minimum absolute atomic E-state index is 0.000267. The molecular weight excluding hydrogens is 286 g/mol. The van der Waals surface area contributed by atoms with E-state index < -0.39 is 0 Å². The highest BCUT2D eigenvalue weighted by molar-refractivity contribution is 5.69. The first-order valence-corrected chi connectivity index (χ1v) is 9.62. The van der Waals surface area contributed by atoms with Crippen LogP contribution in [0, 0.1) is 0 Å². The van der Waals surface area contributed by atoms with Gasteiger partial charge >= 0.3 is 5.97 Å². The molecule has 0 atom stereocenters. The summed E-state index contributed by atoms with van der Waals surface area (Å²) in [5.74, 6) is -0.000267. The van der Waals surface area contributed by atoms with Crippen molar-refractivity contribution in [2.75, 3.05) is 7.05 Å². The molecule has 3 nitrogen and oxygen atoms in total. The summed E-state index contributed by atoms with van der Waals surface area (Å²) in [4.78, 5) is 14.5. The Morgan fingerprint density at radius 3 is 1.96 bits per heavy atom. The number of piperidine rings is 1. The van der Waals surface area contributed by atoms with Crippen molar-refractivity contribution in [3.8, 4) is 0 Å². The molecule has 0 N–H and O–H groups in total. The standard InChI is InChI=1S/C20H39NO2/c1-7-8-9-10-11-12-13-14-18(22)23-17-15-19(2,3)21(6)20(4,5)16-17/h17H,7-16H2,1-6H3. The summed E-state index contributed by atoms with van der Waals surface area (Å²) in [6.45, 7) is 11.2. The van der Waals surface area contributed by atoms with E-state index in [4.69, 9.17) is 4.74 Å². The van der Waals surface area contributed by atoms with E-state index >= 15 is 0 Å². The van der Waals surface area contributed by atoms with Gasteiger partial charge in [0.2, 0.25) is 0 Å². The van der Waals surface area contributed by atoms with Crippen LogP contribution >= 0.6 is 0 Å². The monoisotopic (exact) mass is 325 g/mol. The fraction of sp³-hybridized carbons (Fsp3) is 0.950. The van der Waals surface area contributed by atoms with Crippen LogP contribution in [0.3, 0.4) is 0 Å². The molecule has 3 heteroatoms. The molecule has 0 spiro atoms. The van der Waals surface area contributed by atoms with Gasteiger partial charge in [0.05, 0.1) is 0 Å². The zero-order valence-electron chi connectivity index (χ0n) is 16.4. The highest BCUT2D eigenvalue weighted by Gasteiger charge is 2.44. The molecule has 0 amide bonds. The second kappa shape index (κ2) is 9.05. The number of likely N-dealkylation sites (tertiary alicyclic amines) is 1. The molecule has 1 saturated heterocycles. The highest BCUT2D eigenvalue weighted by atomic mass is 16.5. The Labute approximate surface area is 144 Å². The van der Waals surface area contributed by atoms with Gasteiger partial charge < -0.3 is 4.74 Å². The molecule has 136 valence electrons. The van der Waals surface area contributed by atoms with E-state index in [2.05, 4.69) is 46.6 Å². The molecule has 0 bridgehead atoms. The fourth-order valence-corrected chi connectivity index (χ4v) is 3.83. The van der Waals surface area contributed by atoms with Crippen LogP contribution in [-0.2, 0) is 9.53 Å². The Morgan fingerprint density at radius 2 is 1.43 bits per heavy atom. The Balaban J connectivity index is 2.26. The van der Waals surface area contributed by atoms with Crippen molar-refractivity contribution in [1.82, 2.24) is 4.90 Å². The van der Waals surface area contributed by atoms with Gasteiger partial charge in [0.15, 0.2) is 0 Å². The lowest BCUT2D eigenvalue weighted by Gasteiger charge is -2.53. The molecule has 0 saturated carbocycles. The zero-order valence-corrected chi connectivity index (χ0v) is 16.4. The van der Waals surface area contributed by atoms with Gasteiger partial charge in [0, 0.05) is 30.3 Å². The van der Waals surface area contributed by atoms with Crippen LogP contribution in [0.5, 0.6) is 0 Å². The van der Waals surface area contributed by atoms with Crippen molar-refractivity contribution < 1.29 is 9.53 Å². The molecular formula is C20H39NO2. The third-order valence-electron chi connectivity index (χ3n) is 5.55. The quantitative estimate of drug-likeness (QED) is 0.424. The molecule has 1 aliphatic rings. The van der Waals surface area contributed by atoms with Crippen molar-refractivity contribution in [1.29, 1.82) is 0 Å². The molecule has 0 aromatic carbocycles. The summed E-state index contributed by atoms with van der Waals surface area (Å²) in [6.07, 6.45) is 11.1. The third-order valence-corrected chi connectivity index (χ3v) is 5.55. The minimum Gasteiger partial charge on any atom is -0.462 e. The number of esters is 1. The van der Waals surface area contributed by atoms with E-state index in [0.29, 0.717) is 6.42 Å². The van der Waals surface area contributed by atoms with E-state index in [1.165, 1.54) is 32.1 Å². The summed E-state index contributed by atoms with van der Waals surface area (Å²) >= 11 is 0. The lowest BCUT2D eigenvalue weighted by atomic mass is 9.79. The van der Waals surface area contributed by atoms with E-state index in [1.807, 2.05) is 0 Å². The van der Waals surface area contributed by atoms with Gasteiger partial charge in [-0.1, -0.05) is 45.4 Å². The first-order valence-electron chi connectivity index (χ1n) is 9.62. The van der Waals surface area contributed by atoms with Gasteiger partial charge in [-0.05, 0) is 41.2 Å². The first-order chi connectivity index (χ1) is 10.7. The Morgan fingerprint density at radius 1 is 0.957 bits per heavy atom. The van der Waals surface area contributed by atoms with Crippen molar-refractivity contribution in [3.05, 3.63) is 0 Å². The number of hydrogen-bond acceptors (Lipinski definition) is 3. The highest BCUT2D eigenvalue weighted by Crippen LogP contribution is 2.38. The second-order valence-corrected chi connectivity index (χ2v) is 8.58. The van der Waals surface area contributed by atoms with Crippen LogP contribution < -0.4 is 0 Å². The molecule has 1 aliphatic heterocycles. The van der Waals surface area contributed by atoms with Gasteiger partial charge in [-0.15, -0.1) is 0 Å². The molecule has 1 heterocycles. The molecule has 1 fully saturated rings. The number of nitrogens with zero attached hydrogens (tertiary/aromatic N) is 1. The summed E-state index contributed by atoms with van der Waals surface area (Å²) in [6, 6.07) is 0. The average molecular weight is 326 g/mol. The van der Waals surface area contributed by atoms with Crippen LogP contribution in [0.25, 0.3) is 0 Å². The van der Waals surface area contributed by atoms with Crippen molar-refractivity contribution >= 4 is 5.97 Å². The maximum absolute atomic E-state index is 12.1. The number of carbonyl (C=O) groups excluding carboxylic acids is 1. The number of unbranched alkanes of at least 4 members (excludes halogenated alkanes) is 6. The topological polar surface area (TPSA) is 29.5 Å². The van der Waals surface area contributed by atoms with Crippen molar-refractivity contribution in [2.24, 2.45) is 0 Å². The fourth-order valence-electron chi connectivity index (χ4n) is 3.83. The molecule has 0 unspecified atom stereocenters. The molecule has 1 rings (SSSR count). The third kappa shape index (κ3) is 6.82. The number of carbonyl (C=O) groups is 1. The summed E-state index contributed by atoms with van der Waals surface area (Å²) < 4.78 is 5.79. The molecule has 0 aromatic heterocycles. The predicted molar refractivity (Wildman–Crippen MR) is 97.6 cm³/mol. The average Bonchev–Trinajstić information content (AvgIpc) is 2.43. The largest absolute Gasteiger partial charge is 0.462 e. The Bertz CT molecular complexity index is 345. The lowest BCUT2D eigenvalue weighted by molar-refractivity contribution is -0.159. The van der Waals surface area contributed by atoms with Crippen LogP contribution in [0.2, 0.25) is 0 Å². The molecule has 0 aliphatic carbocycles. The predicted octanol–water partition coefficient (Wildman–Crippen LogP) is 5.32. The van der Waals surface area contributed by atoms with E-state index in [-0.39, 0.29) is 23.2 Å². The Hall–Kier alpha value is -0.570. The Kier molecular flexibility index (Phi) is 8.06. The van der Waals surface area contributed by atoms with Crippen LogP contribution in [0.1, 0.15) is 98.8 Å². The molecule has 0 radical (unpaired) electrons. The molecule has 23 heavy (non-hydrogen) atoms. The van der Waals surface area contributed by atoms with Gasteiger partial charge in [-0.3, -0.25) is 9.69 Å². The van der Waals surface area contributed by atoms with Crippen LogP contribution in [0.15, 0.2) is 0 Å². The number of rotatable bonds is 9. The number of ether oxygens (including phenoxy) is 1.